The van der Waals surface area contributed by atoms with Crippen LogP contribution in [0.2, 0.25) is 0 Å². The van der Waals surface area contributed by atoms with Gasteiger partial charge < -0.3 is 4.74 Å². The van der Waals surface area contributed by atoms with Crippen molar-refractivity contribution in [3.63, 3.8) is 0 Å². The summed E-state index contributed by atoms with van der Waals surface area (Å²) in [6, 6.07) is 0. The molecule has 0 saturated heterocycles. The molecule has 3 nitrogen and oxygen atoms in total. The highest BCUT2D eigenvalue weighted by Crippen LogP contribution is 2.23. The first-order chi connectivity index (χ1) is 6.86. The summed E-state index contributed by atoms with van der Waals surface area (Å²) < 4.78 is 5.83. The quantitative estimate of drug-likeness (QED) is 0.722. The van der Waals surface area contributed by atoms with E-state index in [9.17, 15) is 0 Å². The van der Waals surface area contributed by atoms with Crippen LogP contribution in [0.3, 0.4) is 0 Å². The van der Waals surface area contributed by atoms with Gasteiger partial charge in [-0.1, -0.05) is 6.42 Å². The van der Waals surface area contributed by atoms with Crippen LogP contribution in [-0.4, -0.2) is 16.1 Å². The van der Waals surface area contributed by atoms with Crippen LogP contribution in [-0.2, 0) is 0 Å². The fourth-order valence-electron chi connectivity index (χ4n) is 1.85. The maximum absolute atomic E-state index is 5.83. The zero-order chi connectivity index (χ0) is 9.80. The van der Waals surface area contributed by atoms with Crippen LogP contribution in [0.4, 0.5) is 0 Å². The van der Waals surface area contributed by atoms with Crippen LogP contribution in [0.15, 0.2) is 12.5 Å². The Hall–Kier alpha value is -1.12. The van der Waals surface area contributed by atoms with Crippen LogP contribution < -0.4 is 4.74 Å². The molecule has 1 aliphatic rings. The van der Waals surface area contributed by atoms with Gasteiger partial charge in [0.15, 0.2) is 0 Å². The maximum Gasteiger partial charge on any atom is 0.219 e. The summed E-state index contributed by atoms with van der Waals surface area (Å²) in [6.45, 7) is 1.98. The van der Waals surface area contributed by atoms with Gasteiger partial charge in [-0.25, -0.2) is 9.97 Å². The largest absolute Gasteiger partial charge is 0.474 e. The molecule has 1 heterocycles. The first-order valence-electron chi connectivity index (χ1n) is 5.29. The van der Waals surface area contributed by atoms with Gasteiger partial charge in [0.2, 0.25) is 5.88 Å². The van der Waals surface area contributed by atoms with Crippen molar-refractivity contribution in [3.05, 3.63) is 18.1 Å². The van der Waals surface area contributed by atoms with E-state index in [2.05, 4.69) is 9.97 Å². The van der Waals surface area contributed by atoms with Crippen molar-refractivity contribution in [2.24, 2.45) is 0 Å². The van der Waals surface area contributed by atoms with Crippen LogP contribution in [0.1, 0.15) is 37.7 Å². The molecule has 76 valence electrons. The topological polar surface area (TPSA) is 35.0 Å². The Labute approximate surface area is 84.5 Å². The number of aryl methyl sites for hydroxylation is 1. The van der Waals surface area contributed by atoms with Gasteiger partial charge >= 0.3 is 0 Å². The Kier molecular flexibility index (Phi) is 2.96. The number of aromatic nitrogens is 2. The van der Waals surface area contributed by atoms with Crippen LogP contribution >= 0.6 is 0 Å². The van der Waals surface area contributed by atoms with Gasteiger partial charge in [0, 0.05) is 11.8 Å². The Bertz CT molecular complexity index is 295. The molecular formula is C11H16N2O. The molecule has 0 atom stereocenters. The average molecular weight is 192 g/mol. The lowest BCUT2D eigenvalue weighted by molar-refractivity contribution is 0.147. The second-order valence-corrected chi connectivity index (χ2v) is 3.89. The minimum atomic E-state index is 0.373. The summed E-state index contributed by atoms with van der Waals surface area (Å²) in [5.41, 5.74) is 1.03. The van der Waals surface area contributed by atoms with Crippen LogP contribution in [0.25, 0.3) is 0 Å². The van der Waals surface area contributed by atoms with Crippen LogP contribution in [0, 0.1) is 6.92 Å². The van der Waals surface area contributed by atoms with Crippen molar-refractivity contribution in [2.75, 3.05) is 0 Å². The van der Waals surface area contributed by atoms with Crippen LogP contribution in [0.5, 0.6) is 5.88 Å². The molecule has 1 fully saturated rings. The van der Waals surface area contributed by atoms with Gasteiger partial charge in [0.05, 0.1) is 0 Å². The second kappa shape index (κ2) is 4.40. The van der Waals surface area contributed by atoms with E-state index < -0.39 is 0 Å². The summed E-state index contributed by atoms with van der Waals surface area (Å²) in [5.74, 6) is 0.756. The van der Waals surface area contributed by atoms with Crippen molar-refractivity contribution >= 4 is 0 Å². The van der Waals surface area contributed by atoms with E-state index in [1.165, 1.54) is 32.1 Å². The summed E-state index contributed by atoms with van der Waals surface area (Å²) in [7, 11) is 0. The predicted molar refractivity (Wildman–Crippen MR) is 54.3 cm³/mol. The summed E-state index contributed by atoms with van der Waals surface area (Å²) >= 11 is 0. The van der Waals surface area contributed by atoms with E-state index in [-0.39, 0.29) is 0 Å². The molecule has 0 aromatic carbocycles. The second-order valence-electron chi connectivity index (χ2n) is 3.89. The molecule has 1 aliphatic carbocycles. The third kappa shape index (κ3) is 2.22. The fraction of sp³-hybridized carbons (Fsp3) is 0.636. The number of hydrogen-bond acceptors (Lipinski definition) is 3. The molecule has 0 unspecified atom stereocenters. The van der Waals surface area contributed by atoms with E-state index in [0.29, 0.717) is 6.10 Å². The Morgan fingerprint density at radius 3 is 2.79 bits per heavy atom. The number of hydrogen-bond donors (Lipinski definition) is 0. The lowest BCUT2D eigenvalue weighted by Crippen LogP contribution is -2.20. The monoisotopic (exact) mass is 192 g/mol. The minimum absolute atomic E-state index is 0.373. The molecule has 0 amide bonds. The third-order valence-corrected chi connectivity index (χ3v) is 2.68. The smallest absolute Gasteiger partial charge is 0.219 e. The van der Waals surface area contributed by atoms with Gasteiger partial charge in [-0.2, -0.15) is 0 Å². The molecule has 0 radical (unpaired) electrons. The van der Waals surface area contributed by atoms with Crippen molar-refractivity contribution in [1.82, 2.24) is 9.97 Å². The third-order valence-electron chi connectivity index (χ3n) is 2.68. The fourth-order valence-corrected chi connectivity index (χ4v) is 1.85. The zero-order valence-electron chi connectivity index (χ0n) is 8.57. The van der Waals surface area contributed by atoms with Crippen molar-refractivity contribution in [2.45, 2.75) is 45.1 Å². The first kappa shape index (κ1) is 9.44. The normalized spacial score (nSPS) is 18.1. The molecule has 3 heteroatoms. The van der Waals surface area contributed by atoms with Gasteiger partial charge in [0.25, 0.3) is 0 Å². The van der Waals surface area contributed by atoms with E-state index in [4.69, 9.17) is 4.74 Å². The molecule has 1 aromatic heterocycles. The van der Waals surface area contributed by atoms with Gasteiger partial charge in [-0.05, 0) is 32.6 Å². The molecule has 1 aromatic rings. The summed E-state index contributed by atoms with van der Waals surface area (Å²) in [5, 5.41) is 0. The van der Waals surface area contributed by atoms with E-state index in [1.54, 1.807) is 12.5 Å². The first-order valence-corrected chi connectivity index (χ1v) is 5.29. The van der Waals surface area contributed by atoms with E-state index in [0.717, 1.165) is 11.4 Å². The number of rotatable bonds is 2. The molecule has 14 heavy (non-hydrogen) atoms. The highest BCUT2D eigenvalue weighted by Gasteiger charge is 2.15. The predicted octanol–water partition coefficient (Wildman–Crippen LogP) is 2.50. The van der Waals surface area contributed by atoms with Gasteiger partial charge in [0.1, 0.15) is 12.4 Å². The van der Waals surface area contributed by atoms with E-state index in [1.807, 2.05) is 6.92 Å². The van der Waals surface area contributed by atoms with Crippen molar-refractivity contribution in [1.29, 1.82) is 0 Å². The maximum atomic E-state index is 5.83. The molecule has 0 bridgehead atoms. The highest BCUT2D eigenvalue weighted by atomic mass is 16.5. The highest BCUT2D eigenvalue weighted by molar-refractivity contribution is 5.19. The molecule has 2 rings (SSSR count). The Balaban J connectivity index is 1.99. The molecule has 0 aliphatic heterocycles. The summed E-state index contributed by atoms with van der Waals surface area (Å²) in [6.07, 6.45) is 9.98. The zero-order valence-corrected chi connectivity index (χ0v) is 8.57. The molecule has 1 saturated carbocycles. The summed E-state index contributed by atoms with van der Waals surface area (Å²) in [4.78, 5) is 8.09. The lowest BCUT2D eigenvalue weighted by Gasteiger charge is -2.22. The number of nitrogens with zero attached hydrogens (tertiary/aromatic N) is 2. The SMILES string of the molecule is Cc1cncnc1OC1CCCCC1. The molecule has 0 N–H and O–H groups in total. The standard InChI is InChI=1S/C11H16N2O/c1-9-7-12-8-13-11(9)14-10-5-3-2-4-6-10/h7-8,10H,2-6H2,1H3. The Morgan fingerprint density at radius 2 is 2.07 bits per heavy atom. The van der Waals surface area contributed by atoms with Gasteiger partial charge in [-0.3, -0.25) is 0 Å². The average Bonchev–Trinajstić information content (AvgIpc) is 2.23. The molecule has 0 spiro atoms. The van der Waals surface area contributed by atoms with Gasteiger partial charge in [-0.15, -0.1) is 0 Å². The van der Waals surface area contributed by atoms with E-state index >= 15 is 0 Å². The lowest BCUT2D eigenvalue weighted by atomic mass is 9.98. The molecular weight excluding hydrogens is 176 g/mol. The number of ether oxygens (including phenoxy) is 1. The Morgan fingerprint density at radius 1 is 1.29 bits per heavy atom. The van der Waals surface area contributed by atoms with Crippen molar-refractivity contribution < 1.29 is 4.74 Å². The van der Waals surface area contributed by atoms with Crippen molar-refractivity contribution in [3.8, 4) is 5.88 Å². The minimum Gasteiger partial charge on any atom is -0.474 e.